The molecule has 0 aromatic carbocycles. The molecule has 2 aliphatic rings. The minimum absolute atomic E-state index is 0. The number of piperazine rings is 1. The number of hydrogen-bond donors (Lipinski definition) is 1. The van der Waals surface area contributed by atoms with Gasteiger partial charge in [-0.05, 0) is 19.4 Å². The molecule has 0 aromatic rings. The van der Waals surface area contributed by atoms with Crippen LogP contribution in [-0.2, 0) is 9.53 Å². The van der Waals surface area contributed by atoms with E-state index in [1.54, 1.807) is 0 Å². The Bertz CT molecular complexity index is 216. The van der Waals surface area contributed by atoms with Crippen molar-refractivity contribution in [2.75, 3.05) is 26.7 Å². The van der Waals surface area contributed by atoms with Gasteiger partial charge in [0.1, 0.15) is 6.04 Å². The predicted molar refractivity (Wildman–Crippen MR) is 62.9 cm³/mol. The summed E-state index contributed by atoms with van der Waals surface area (Å²) in [7, 11) is 1.44. The molecule has 0 aliphatic carbocycles. The molecule has 0 bridgehead atoms. The Morgan fingerprint density at radius 2 is 2.20 bits per heavy atom. The van der Waals surface area contributed by atoms with Gasteiger partial charge in [0.05, 0.1) is 7.11 Å². The Morgan fingerprint density at radius 1 is 1.47 bits per heavy atom. The van der Waals surface area contributed by atoms with Crippen LogP contribution in [0.4, 0.5) is 0 Å². The fraction of sp³-hybridized carbons (Fsp3) is 0.889. The van der Waals surface area contributed by atoms with Crippen molar-refractivity contribution in [1.82, 2.24) is 10.2 Å². The van der Waals surface area contributed by atoms with Crippen LogP contribution < -0.4 is 5.32 Å². The third-order valence-electron chi connectivity index (χ3n) is 3.00. The van der Waals surface area contributed by atoms with E-state index in [-0.39, 0.29) is 36.8 Å². The molecule has 0 unspecified atom stereocenters. The molecule has 2 rings (SSSR count). The Kier molecular flexibility index (Phi) is 6.52. The number of methoxy groups -OCH3 is 1. The molecule has 0 radical (unpaired) electrons. The lowest BCUT2D eigenvalue weighted by Gasteiger charge is -2.34. The van der Waals surface area contributed by atoms with Gasteiger partial charge in [-0.1, -0.05) is 0 Å². The van der Waals surface area contributed by atoms with Gasteiger partial charge < -0.3 is 10.1 Å². The first-order valence-electron chi connectivity index (χ1n) is 4.86. The average molecular weight is 257 g/mol. The van der Waals surface area contributed by atoms with Gasteiger partial charge in [-0.15, -0.1) is 24.8 Å². The van der Waals surface area contributed by atoms with Crippen LogP contribution in [0.15, 0.2) is 0 Å². The lowest BCUT2D eigenvalue weighted by atomic mass is 10.1. The minimum atomic E-state index is -0.134. The first kappa shape index (κ1) is 15.0. The van der Waals surface area contributed by atoms with Crippen molar-refractivity contribution >= 4 is 30.8 Å². The normalized spacial score (nSPS) is 29.7. The summed E-state index contributed by atoms with van der Waals surface area (Å²) < 4.78 is 4.71. The van der Waals surface area contributed by atoms with Crippen molar-refractivity contribution in [1.29, 1.82) is 0 Å². The third-order valence-corrected chi connectivity index (χ3v) is 3.00. The number of nitrogens with zero attached hydrogens (tertiary/aromatic N) is 1. The maximum Gasteiger partial charge on any atom is 0.324 e. The molecule has 0 spiro atoms. The van der Waals surface area contributed by atoms with E-state index in [9.17, 15) is 4.79 Å². The van der Waals surface area contributed by atoms with Gasteiger partial charge in [-0.3, -0.25) is 9.69 Å². The molecule has 90 valence electrons. The van der Waals surface area contributed by atoms with Crippen molar-refractivity contribution in [3.8, 4) is 0 Å². The van der Waals surface area contributed by atoms with Crippen LogP contribution in [0.2, 0.25) is 0 Å². The molecule has 0 amide bonds. The van der Waals surface area contributed by atoms with Crippen molar-refractivity contribution in [2.24, 2.45) is 0 Å². The van der Waals surface area contributed by atoms with E-state index in [1.165, 1.54) is 20.0 Å². The molecule has 2 aliphatic heterocycles. The van der Waals surface area contributed by atoms with Crippen LogP contribution in [-0.4, -0.2) is 49.7 Å². The molecule has 15 heavy (non-hydrogen) atoms. The van der Waals surface area contributed by atoms with E-state index >= 15 is 0 Å². The zero-order valence-corrected chi connectivity index (χ0v) is 10.4. The summed E-state index contributed by atoms with van der Waals surface area (Å²) >= 11 is 0. The van der Waals surface area contributed by atoms with E-state index in [0.717, 1.165) is 19.6 Å². The number of nitrogens with one attached hydrogen (secondary N) is 1. The van der Waals surface area contributed by atoms with E-state index in [4.69, 9.17) is 4.74 Å². The second-order valence-electron chi connectivity index (χ2n) is 3.77. The van der Waals surface area contributed by atoms with E-state index in [0.29, 0.717) is 6.04 Å². The fourth-order valence-electron chi connectivity index (χ4n) is 2.24. The zero-order chi connectivity index (χ0) is 9.26. The number of halogens is 2. The zero-order valence-electron chi connectivity index (χ0n) is 8.77. The summed E-state index contributed by atoms with van der Waals surface area (Å²) in [5.74, 6) is -0.134. The van der Waals surface area contributed by atoms with E-state index < -0.39 is 0 Å². The van der Waals surface area contributed by atoms with Crippen LogP contribution in [0.25, 0.3) is 0 Å². The molecule has 0 aromatic heterocycles. The number of hydrogen-bond acceptors (Lipinski definition) is 4. The second kappa shape index (κ2) is 6.53. The summed E-state index contributed by atoms with van der Waals surface area (Å²) in [6, 6.07) is 0.542. The van der Waals surface area contributed by atoms with Gasteiger partial charge in [0.15, 0.2) is 0 Å². The molecule has 4 nitrogen and oxygen atoms in total. The van der Waals surface area contributed by atoms with Crippen molar-refractivity contribution in [3.63, 3.8) is 0 Å². The molecular formula is C9H18Cl2N2O2. The van der Waals surface area contributed by atoms with E-state index in [1.807, 2.05) is 0 Å². The molecule has 2 saturated heterocycles. The molecule has 2 atom stereocenters. The highest BCUT2D eigenvalue weighted by atomic mass is 35.5. The highest BCUT2D eigenvalue weighted by molar-refractivity contribution is 5.85. The largest absolute Gasteiger partial charge is 0.468 e. The first-order valence-corrected chi connectivity index (χ1v) is 4.86. The highest BCUT2D eigenvalue weighted by Gasteiger charge is 2.34. The highest BCUT2D eigenvalue weighted by Crippen LogP contribution is 2.19. The maximum atomic E-state index is 11.2. The van der Waals surface area contributed by atoms with Gasteiger partial charge in [0.2, 0.25) is 0 Å². The second-order valence-corrected chi connectivity index (χ2v) is 3.77. The lowest BCUT2D eigenvalue weighted by molar-refractivity contribution is -0.144. The van der Waals surface area contributed by atoms with Gasteiger partial charge in [0, 0.05) is 19.1 Å². The number of carbonyl (C=O) groups excluding carboxylic acids is 1. The quantitative estimate of drug-likeness (QED) is 0.692. The van der Waals surface area contributed by atoms with Crippen LogP contribution >= 0.6 is 24.8 Å². The maximum absolute atomic E-state index is 11.2. The number of carbonyl (C=O) groups is 1. The van der Waals surface area contributed by atoms with Crippen molar-refractivity contribution < 1.29 is 9.53 Å². The number of ether oxygens (including phenoxy) is 1. The van der Waals surface area contributed by atoms with E-state index in [2.05, 4.69) is 10.2 Å². The van der Waals surface area contributed by atoms with Crippen molar-refractivity contribution in [2.45, 2.75) is 24.9 Å². The average Bonchev–Trinajstić information content (AvgIpc) is 2.63. The monoisotopic (exact) mass is 256 g/mol. The number of rotatable bonds is 1. The standard InChI is InChI=1S/C9H16N2O2.2ClH/c1-13-9(12)8-6-11-4-2-3-7(11)5-10-8;;/h7-8,10H,2-6H2,1H3;2*1H/t7-,8+;;/m0../s1. The predicted octanol–water partition coefficient (Wildman–Crippen LogP) is 0.439. The number of esters is 1. The Balaban J connectivity index is 0.000000980. The minimum Gasteiger partial charge on any atom is -0.468 e. The summed E-state index contributed by atoms with van der Waals surface area (Å²) in [6.07, 6.45) is 2.53. The van der Waals surface area contributed by atoms with Crippen LogP contribution in [0, 0.1) is 0 Å². The summed E-state index contributed by atoms with van der Waals surface area (Å²) in [5.41, 5.74) is 0. The van der Waals surface area contributed by atoms with Crippen LogP contribution in [0.1, 0.15) is 12.8 Å². The molecule has 6 heteroatoms. The third kappa shape index (κ3) is 3.21. The topological polar surface area (TPSA) is 41.6 Å². The van der Waals surface area contributed by atoms with Crippen molar-refractivity contribution in [3.05, 3.63) is 0 Å². The molecular weight excluding hydrogens is 239 g/mol. The first-order chi connectivity index (χ1) is 6.31. The Morgan fingerprint density at radius 3 is 2.87 bits per heavy atom. The number of fused-ring (bicyclic) bond motifs is 1. The lowest BCUT2D eigenvalue weighted by Crippen LogP contribution is -2.57. The molecule has 2 heterocycles. The SMILES string of the molecule is COC(=O)[C@H]1CN2CCC[C@H]2CN1.Cl.Cl. The van der Waals surface area contributed by atoms with Gasteiger partial charge >= 0.3 is 5.97 Å². The molecule has 2 fully saturated rings. The Hall–Kier alpha value is -0.0300. The molecule has 0 saturated carbocycles. The summed E-state index contributed by atoms with van der Waals surface area (Å²) in [6.45, 7) is 2.89. The van der Waals surface area contributed by atoms with Crippen LogP contribution in [0.5, 0.6) is 0 Å². The summed E-state index contributed by atoms with van der Waals surface area (Å²) in [5, 5.41) is 3.22. The smallest absolute Gasteiger partial charge is 0.324 e. The summed E-state index contributed by atoms with van der Waals surface area (Å²) in [4.78, 5) is 13.6. The van der Waals surface area contributed by atoms with Gasteiger partial charge in [-0.2, -0.15) is 0 Å². The fourth-order valence-corrected chi connectivity index (χ4v) is 2.24. The van der Waals surface area contributed by atoms with Gasteiger partial charge in [-0.25, -0.2) is 0 Å². The van der Waals surface area contributed by atoms with Gasteiger partial charge in [0.25, 0.3) is 0 Å². The molecule has 1 N–H and O–H groups in total. The van der Waals surface area contributed by atoms with Crippen LogP contribution in [0.3, 0.4) is 0 Å². The Labute approximate surface area is 103 Å².